The lowest BCUT2D eigenvalue weighted by Gasteiger charge is -2.15. The molecule has 5 heteroatoms. The third-order valence-electron chi connectivity index (χ3n) is 1.31. The minimum Gasteiger partial charge on any atom is -0.424 e. The zero-order valence-electron chi connectivity index (χ0n) is 7.99. The first kappa shape index (κ1) is 13.0. The molecular weight excluding hydrogens is 208 g/mol. The van der Waals surface area contributed by atoms with Gasteiger partial charge in [0.1, 0.15) is 5.88 Å². The molecule has 0 rings (SSSR count). The van der Waals surface area contributed by atoms with Gasteiger partial charge >= 0.3 is 11.9 Å². The summed E-state index contributed by atoms with van der Waals surface area (Å²) in [6.45, 7) is 5.11. The standard InChI is InChI=1S/C9H13ClO4/c1-3-5-9(13-7(11)4-2)14-8(12)6-10/h4,9H,2-3,5-6H2,1H3. The van der Waals surface area contributed by atoms with E-state index in [1.807, 2.05) is 6.92 Å². The second-order valence-electron chi connectivity index (χ2n) is 2.48. The molecule has 0 spiro atoms. The third kappa shape index (κ3) is 5.59. The van der Waals surface area contributed by atoms with E-state index in [-0.39, 0.29) is 5.88 Å². The van der Waals surface area contributed by atoms with E-state index in [9.17, 15) is 9.59 Å². The molecule has 0 aromatic rings. The maximum atomic E-state index is 10.8. The molecule has 0 amide bonds. The van der Waals surface area contributed by atoms with Crippen LogP contribution in [-0.2, 0) is 19.1 Å². The first-order valence-electron chi connectivity index (χ1n) is 4.22. The van der Waals surface area contributed by atoms with Gasteiger partial charge in [-0.15, -0.1) is 11.6 Å². The van der Waals surface area contributed by atoms with Gasteiger partial charge in [-0.1, -0.05) is 13.5 Å². The molecule has 80 valence electrons. The molecular formula is C9H13ClO4. The van der Waals surface area contributed by atoms with Gasteiger partial charge in [0, 0.05) is 12.5 Å². The van der Waals surface area contributed by atoms with Gasteiger partial charge < -0.3 is 9.47 Å². The van der Waals surface area contributed by atoms with Crippen LogP contribution in [0.1, 0.15) is 19.8 Å². The Balaban J connectivity index is 4.07. The highest BCUT2D eigenvalue weighted by Gasteiger charge is 2.15. The Morgan fingerprint density at radius 3 is 2.57 bits per heavy atom. The Kier molecular flexibility index (Phi) is 6.84. The van der Waals surface area contributed by atoms with E-state index in [1.54, 1.807) is 0 Å². The Labute approximate surface area is 87.8 Å². The molecule has 0 saturated carbocycles. The lowest BCUT2D eigenvalue weighted by molar-refractivity contribution is -0.183. The van der Waals surface area contributed by atoms with Crippen LogP contribution in [0.4, 0.5) is 0 Å². The van der Waals surface area contributed by atoms with Crippen molar-refractivity contribution in [3.63, 3.8) is 0 Å². The molecule has 0 bridgehead atoms. The van der Waals surface area contributed by atoms with Gasteiger partial charge in [-0.25, -0.2) is 4.79 Å². The van der Waals surface area contributed by atoms with Crippen LogP contribution in [0.3, 0.4) is 0 Å². The van der Waals surface area contributed by atoms with Gasteiger partial charge in [0.2, 0.25) is 6.29 Å². The summed E-state index contributed by atoms with van der Waals surface area (Å²) < 4.78 is 9.50. The number of halogens is 1. The number of rotatable bonds is 6. The summed E-state index contributed by atoms with van der Waals surface area (Å²) in [5.74, 6) is -1.49. The fourth-order valence-corrected chi connectivity index (χ4v) is 0.796. The minimum absolute atomic E-state index is 0.258. The molecule has 0 N–H and O–H groups in total. The van der Waals surface area contributed by atoms with Gasteiger partial charge in [-0.3, -0.25) is 4.79 Å². The van der Waals surface area contributed by atoms with E-state index in [0.29, 0.717) is 6.42 Å². The SMILES string of the molecule is C=CC(=O)OC(CCC)OC(=O)CCl. The van der Waals surface area contributed by atoms with Crippen molar-refractivity contribution in [3.8, 4) is 0 Å². The molecule has 0 aliphatic carbocycles. The molecule has 0 aliphatic heterocycles. The van der Waals surface area contributed by atoms with Crippen molar-refractivity contribution in [2.75, 3.05) is 5.88 Å². The van der Waals surface area contributed by atoms with Gasteiger partial charge in [0.25, 0.3) is 0 Å². The number of ether oxygens (including phenoxy) is 2. The number of carbonyl (C=O) groups excluding carboxylic acids is 2. The fourth-order valence-electron chi connectivity index (χ4n) is 0.733. The molecule has 0 fully saturated rings. The van der Waals surface area contributed by atoms with Crippen molar-refractivity contribution in [3.05, 3.63) is 12.7 Å². The minimum atomic E-state index is -0.864. The normalized spacial score (nSPS) is 11.6. The van der Waals surface area contributed by atoms with Gasteiger partial charge in [0.15, 0.2) is 0 Å². The Hall–Kier alpha value is -1.03. The van der Waals surface area contributed by atoms with Crippen molar-refractivity contribution >= 4 is 23.5 Å². The topological polar surface area (TPSA) is 52.6 Å². The Morgan fingerprint density at radius 1 is 1.50 bits per heavy atom. The molecule has 4 nitrogen and oxygen atoms in total. The van der Waals surface area contributed by atoms with Crippen LogP contribution in [0, 0.1) is 0 Å². The monoisotopic (exact) mass is 220 g/mol. The first-order chi connectivity index (χ1) is 6.63. The predicted octanol–water partition coefficient (Wildman–Crippen LogP) is 1.62. The van der Waals surface area contributed by atoms with Gasteiger partial charge in [-0.2, -0.15) is 0 Å². The van der Waals surface area contributed by atoms with E-state index in [2.05, 4.69) is 6.58 Å². The average Bonchev–Trinajstić information content (AvgIpc) is 2.17. The summed E-state index contributed by atoms with van der Waals surface area (Å²) >= 11 is 5.23. The smallest absolute Gasteiger partial charge is 0.333 e. The molecule has 0 radical (unpaired) electrons. The summed E-state index contributed by atoms with van der Waals surface area (Å²) in [5.41, 5.74) is 0. The van der Waals surface area contributed by atoms with E-state index in [1.165, 1.54) is 0 Å². The van der Waals surface area contributed by atoms with Crippen LogP contribution in [-0.4, -0.2) is 24.1 Å². The lowest BCUT2D eigenvalue weighted by Crippen LogP contribution is -2.24. The van der Waals surface area contributed by atoms with Crippen molar-refractivity contribution in [2.45, 2.75) is 26.1 Å². The summed E-state index contributed by atoms with van der Waals surface area (Å²) in [4.78, 5) is 21.6. The quantitative estimate of drug-likeness (QED) is 0.296. The average molecular weight is 221 g/mol. The maximum Gasteiger partial charge on any atom is 0.333 e. The number of hydrogen-bond donors (Lipinski definition) is 0. The lowest BCUT2D eigenvalue weighted by atomic mass is 10.3. The largest absolute Gasteiger partial charge is 0.424 e. The van der Waals surface area contributed by atoms with Crippen LogP contribution < -0.4 is 0 Å². The number of carbonyl (C=O) groups is 2. The highest BCUT2D eigenvalue weighted by molar-refractivity contribution is 6.26. The molecule has 0 saturated heterocycles. The summed E-state index contributed by atoms with van der Waals surface area (Å²) in [5, 5.41) is 0. The molecule has 14 heavy (non-hydrogen) atoms. The number of alkyl halides is 1. The van der Waals surface area contributed by atoms with E-state index in [0.717, 1.165) is 12.5 Å². The maximum absolute atomic E-state index is 10.8. The molecule has 1 unspecified atom stereocenters. The van der Waals surface area contributed by atoms with E-state index in [4.69, 9.17) is 21.1 Å². The van der Waals surface area contributed by atoms with Gasteiger partial charge in [-0.05, 0) is 6.42 Å². The summed E-state index contributed by atoms with van der Waals surface area (Å²) in [6, 6.07) is 0. The zero-order valence-corrected chi connectivity index (χ0v) is 8.75. The van der Waals surface area contributed by atoms with Crippen molar-refractivity contribution in [2.24, 2.45) is 0 Å². The van der Waals surface area contributed by atoms with E-state index >= 15 is 0 Å². The zero-order chi connectivity index (χ0) is 11.0. The fraction of sp³-hybridized carbons (Fsp3) is 0.556. The number of hydrogen-bond acceptors (Lipinski definition) is 4. The molecule has 0 heterocycles. The van der Waals surface area contributed by atoms with Crippen molar-refractivity contribution in [1.82, 2.24) is 0 Å². The van der Waals surface area contributed by atoms with E-state index < -0.39 is 18.2 Å². The molecule has 0 aromatic heterocycles. The third-order valence-corrected chi connectivity index (χ3v) is 1.53. The van der Waals surface area contributed by atoms with Crippen molar-refractivity contribution < 1.29 is 19.1 Å². The van der Waals surface area contributed by atoms with Gasteiger partial charge in [0.05, 0.1) is 0 Å². The first-order valence-corrected chi connectivity index (χ1v) is 4.76. The predicted molar refractivity (Wildman–Crippen MR) is 51.8 cm³/mol. The van der Waals surface area contributed by atoms with Crippen LogP contribution >= 0.6 is 11.6 Å². The van der Waals surface area contributed by atoms with Crippen LogP contribution in [0.15, 0.2) is 12.7 Å². The Morgan fingerprint density at radius 2 is 2.14 bits per heavy atom. The van der Waals surface area contributed by atoms with Crippen molar-refractivity contribution in [1.29, 1.82) is 0 Å². The molecule has 0 aliphatic rings. The highest BCUT2D eigenvalue weighted by atomic mass is 35.5. The second kappa shape index (κ2) is 7.38. The highest BCUT2D eigenvalue weighted by Crippen LogP contribution is 2.05. The van der Waals surface area contributed by atoms with Crippen LogP contribution in [0.2, 0.25) is 0 Å². The summed E-state index contributed by atoms with van der Waals surface area (Å²) in [7, 11) is 0. The van der Waals surface area contributed by atoms with Crippen LogP contribution in [0.25, 0.3) is 0 Å². The summed E-state index contributed by atoms with van der Waals surface area (Å²) in [6.07, 6.45) is 1.32. The molecule has 0 aromatic carbocycles. The number of esters is 2. The second-order valence-corrected chi connectivity index (χ2v) is 2.75. The van der Waals surface area contributed by atoms with Crippen LogP contribution in [0.5, 0.6) is 0 Å². The molecule has 1 atom stereocenters. The Bertz CT molecular complexity index is 215.